The number of aromatic nitrogens is 2. The number of nitrogens with zero attached hydrogens (tertiary/aromatic N) is 2. The van der Waals surface area contributed by atoms with Crippen molar-refractivity contribution in [2.75, 3.05) is 5.32 Å². The Balaban J connectivity index is 1.80. The zero-order valence-electron chi connectivity index (χ0n) is 14.4. The molecule has 2 aromatic carbocycles. The lowest BCUT2D eigenvalue weighted by Gasteiger charge is -2.12. The predicted molar refractivity (Wildman–Crippen MR) is 107 cm³/mol. The molecule has 0 radical (unpaired) electrons. The number of hydrogen-bond acceptors (Lipinski definition) is 5. The number of anilines is 2. The molecule has 0 aliphatic carbocycles. The van der Waals surface area contributed by atoms with Crippen LogP contribution in [-0.2, 0) is 0 Å². The fraction of sp³-hybridized carbons (Fsp3) is 0. The maximum absolute atomic E-state index is 5.76. The average molecular weight is 355 g/mol. The molecule has 2 bridgehead atoms. The van der Waals surface area contributed by atoms with Gasteiger partial charge in [0.25, 0.3) is 0 Å². The normalized spacial score (nSPS) is 13.5. The molecule has 0 fully saturated rings. The van der Waals surface area contributed by atoms with Crippen molar-refractivity contribution in [3.63, 3.8) is 0 Å². The Morgan fingerprint density at radius 2 is 1.52 bits per heavy atom. The van der Waals surface area contributed by atoms with E-state index in [0.29, 0.717) is 17.3 Å². The highest BCUT2D eigenvalue weighted by atomic mass is 16.5. The van der Waals surface area contributed by atoms with Crippen molar-refractivity contribution in [1.82, 2.24) is 9.97 Å². The summed E-state index contributed by atoms with van der Waals surface area (Å²) in [6.45, 7) is 0. The lowest BCUT2D eigenvalue weighted by Crippen LogP contribution is -1.98. The summed E-state index contributed by atoms with van der Waals surface area (Å²) in [5.41, 5.74) is 1.63. The lowest BCUT2D eigenvalue weighted by molar-refractivity contribution is 0.482. The van der Waals surface area contributed by atoms with Crippen molar-refractivity contribution in [3.8, 4) is 11.5 Å². The third-order valence-electron chi connectivity index (χ3n) is 3.86. The number of ether oxygens (including phenoxy) is 2. The summed E-state index contributed by atoms with van der Waals surface area (Å²) in [7, 11) is 0. The molecule has 3 aromatic rings. The summed E-state index contributed by atoms with van der Waals surface area (Å²) in [5.74, 6) is 2.08. The summed E-state index contributed by atoms with van der Waals surface area (Å²) in [4.78, 5) is 8.72. The summed E-state index contributed by atoms with van der Waals surface area (Å²) < 4.78 is 11.4. The highest BCUT2D eigenvalue weighted by Crippen LogP contribution is 2.31. The molecule has 0 saturated heterocycles. The van der Waals surface area contributed by atoms with Crippen LogP contribution in [0.4, 0.5) is 11.5 Å². The van der Waals surface area contributed by atoms with E-state index in [1.54, 1.807) is 12.5 Å². The lowest BCUT2D eigenvalue weighted by atomic mass is 10.2. The minimum absolute atomic E-state index is 0.679. The van der Waals surface area contributed by atoms with E-state index in [4.69, 9.17) is 9.47 Å². The number of rotatable bonds is 0. The fourth-order valence-electron chi connectivity index (χ4n) is 2.59. The van der Waals surface area contributed by atoms with Crippen LogP contribution in [0.15, 0.2) is 97.8 Å². The second-order valence-corrected chi connectivity index (χ2v) is 5.68. The Morgan fingerprint density at radius 1 is 0.741 bits per heavy atom. The molecular weight excluding hydrogens is 338 g/mol. The van der Waals surface area contributed by atoms with E-state index in [9.17, 15) is 0 Å². The molecule has 0 unspecified atom stereocenters. The van der Waals surface area contributed by atoms with E-state index < -0.39 is 0 Å². The summed E-state index contributed by atoms with van der Waals surface area (Å²) in [6.07, 6.45) is 16.0. The molecule has 5 heteroatoms. The first-order valence-corrected chi connectivity index (χ1v) is 8.49. The van der Waals surface area contributed by atoms with Gasteiger partial charge in [-0.25, -0.2) is 9.97 Å². The molecule has 5 nitrogen and oxygen atoms in total. The van der Waals surface area contributed by atoms with E-state index in [2.05, 4.69) is 15.3 Å². The third-order valence-corrected chi connectivity index (χ3v) is 3.86. The van der Waals surface area contributed by atoms with Crippen molar-refractivity contribution in [2.45, 2.75) is 0 Å². The minimum atomic E-state index is 0.679. The monoisotopic (exact) mass is 355 g/mol. The van der Waals surface area contributed by atoms with Gasteiger partial charge in [-0.15, -0.1) is 0 Å². The molecule has 0 amide bonds. The molecule has 2 heterocycles. The number of para-hydroxylation sites is 2. The van der Waals surface area contributed by atoms with Gasteiger partial charge in [0, 0.05) is 5.39 Å². The molecule has 1 aromatic heterocycles. The first-order chi connectivity index (χ1) is 13.4. The molecular formula is C22H17N3O2. The summed E-state index contributed by atoms with van der Waals surface area (Å²) >= 11 is 0. The predicted octanol–water partition coefficient (Wildman–Crippen LogP) is 5.28. The molecule has 1 aliphatic rings. The van der Waals surface area contributed by atoms with Gasteiger partial charge < -0.3 is 14.8 Å². The Morgan fingerprint density at radius 3 is 2.41 bits per heavy atom. The fourth-order valence-corrected chi connectivity index (χ4v) is 2.59. The van der Waals surface area contributed by atoms with Crippen molar-refractivity contribution in [2.24, 2.45) is 0 Å². The smallest absolute Gasteiger partial charge is 0.149 e. The van der Waals surface area contributed by atoms with Crippen LogP contribution in [0.1, 0.15) is 0 Å². The van der Waals surface area contributed by atoms with Crippen LogP contribution in [-0.4, -0.2) is 9.97 Å². The van der Waals surface area contributed by atoms with E-state index in [-0.39, 0.29) is 0 Å². The van der Waals surface area contributed by atoms with Gasteiger partial charge in [-0.05, 0) is 42.5 Å². The van der Waals surface area contributed by atoms with Gasteiger partial charge in [0.15, 0.2) is 0 Å². The second-order valence-electron chi connectivity index (χ2n) is 5.68. The number of fused-ring (bicyclic) bond motifs is 2. The topological polar surface area (TPSA) is 56.3 Å². The summed E-state index contributed by atoms with van der Waals surface area (Å²) in [5, 5.41) is 4.19. The molecule has 132 valence electrons. The Hall–Kier alpha value is -3.86. The van der Waals surface area contributed by atoms with E-state index in [1.165, 1.54) is 6.33 Å². The first-order valence-electron chi connectivity index (χ1n) is 8.49. The zero-order chi connectivity index (χ0) is 18.3. The number of nitrogens with one attached hydrogen (secondary N) is 1. The summed E-state index contributed by atoms with van der Waals surface area (Å²) in [6, 6.07) is 13.4. The van der Waals surface area contributed by atoms with Gasteiger partial charge in [0.05, 0.1) is 23.7 Å². The third kappa shape index (κ3) is 4.04. The minimum Gasteiger partial charge on any atom is -0.465 e. The molecule has 1 aliphatic heterocycles. The van der Waals surface area contributed by atoms with Crippen molar-refractivity contribution < 1.29 is 9.47 Å². The standard InChI is InChI=1S/C22H17N3O2/c1-2-4-8-14-27-21-10-6-5-9-20(21)25-22-18-15-17(26-13-7-3-1)11-12-19(18)23-16-24-22/h1-16H,(H,23,24,25). The van der Waals surface area contributed by atoms with E-state index >= 15 is 0 Å². The second kappa shape index (κ2) is 8.01. The molecule has 0 spiro atoms. The quantitative estimate of drug-likeness (QED) is 0.594. The van der Waals surface area contributed by atoms with Crippen LogP contribution in [0.5, 0.6) is 11.5 Å². The van der Waals surface area contributed by atoms with Crippen LogP contribution in [0.25, 0.3) is 10.9 Å². The molecule has 1 N–H and O–H groups in total. The zero-order valence-corrected chi connectivity index (χ0v) is 14.4. The maximum atomic E-state index is 5.76. The molecule has 0 atom stereocenters. The Kier molecular flexibility index (Phi) is 4.93. The van der Waals surface area contributed by atoms with Crippen LogP contribution < -0.4 is 14.8 Å². The maximum Gasteiger partial charge on any atom is 0.149 e. The van der Waals surface area contributed by atoms with Gasteiger partial charge in [-0.2, -0.15) is 0 Å². The van der Waals surface area contributed by atoms with E-state index in [0.717, 1.165) is 16.6 Å². The van der Waals surface area contributed by atoms with Gasteiger partial charge in [0.1, 0.15) is 23.6 Å². The van der Waals surface area contributed by atoms with Crippen LogP contribution in [0.2, 0.25) is 0 Å². The van der Waals surface area contributed by atoms with E-state index in [1.807, 2.05) is 78.9 Å². The molecule has 27 heavy (non-hydrogen) atoms. The average Bonchev–Trinajstić information content (AvgIpc) is 2.70. The van der Waals surface area contributed by atoms with Crippen LogP contribution >= 0.6 is 0 Å². The largest absolute Gasteiger partial charge is 0.465 e. The number of allylic oxidation sites excluding steroid dienone is 6. The van der Waals surface area contributed by atoms with Crippen molar-refractivity contribution >= 4 is 22.4 Å². The highest BCUT2D eigenvalue weighted by molar-refractivity contribution is 5.92. The van der Waals surface area contributed by atoms with Crippen LogP contribution in [0, 0.1) is 0 Å². The first kappa shape index (κ1) is 16.6. The SMILES string of the molecule is C1=CC=COc2ccc3ncnc(c3c2)Nc2ccccc2OC=CC=C1. The van der Waals surface area contributed by atoms with Gasteiger partial charge >= 0.3 is 0 Å². The van der Waals surface area contributed by atoms with Crippen molar-refractivity contribution in [3.05, 3.63) is 97.8 Å². The number of benzene rings is 2. The highest BCUT2D eigenvalue weighted by Gasteiger charge is 2.09. The van der Waals surface area contributed by atoms with Crippen molar-refractivity contribution in [1.29, 1.82) is 0 Å². The molecule has 0 saturated carbocycles. The molecule has 4 rings (SSSR count). The van der Waals surface area contributed by atoms with Gasteiger partial charge in [-0.1, -0.05) is 36.4 Å². The van der Waals surface area contributed by atoms with Gasteiger partial charge in [0.2, 0.25) is 0 Å². The Labute approximate surface area is 157 Å². The number of hydrogen-bond donors (Lipinski definition) is 1. The van der Waals surface area contributed by atoms with Crippen LogP contribution in [0.3, 0.4) is 0 Å². The van der Waals surface area contributed by atoms with Gasteiger partial charge in [-0.3, -0.25) is 0 Å². The Bertz CT molecular complexity index is 1070.